The fraction of sp³-hybridized carbons (Fsp3) is 0.188. The summed E-state index contributed by atoms with van der Waals surface area (Å²) < 4.78 is 36.6. The Bertz CT molecular complexity index is 774. The summed E-state index contributed by atoms with van der Waals surface area (Å²) in [7, 11) is 3.49. The van der Waals surface area contributed by atoms with Crippen molar-refractivity contribution in [3.8, 4) is 0 Å². The Balaban J connectivity index is 2.09. The lowest BCUT2D eigenvalue weighted by molar-refractivity contribution is -0.167. The zero-order valence-corrected chi connectivity index (χ0v) is 13.4. The van der Waals surface area contributed by atoms with Crippen LogP contribution in [0.25, 0.3) is 0 Å². The number of anilines is 3. The first-order valence-corrected chi connectivity index (χ1v) is 7.10. The highest BCUT2D eigenvalue weighted by molar-refractivity contribution is 6.07. The molecule has 2 N–H and O–H groups in total. The normalized spacial score (nSPS) is 10.9. The monoisotopic (exact) mass is 352 g/mol. The largest absolute Gasteiger partial charge is 0.471 e. The Kier molecular flexibility index (Phi) is 5.26. The molecular formula is C16H15F3N4O2. The van der Waals surface area contributed by atoms with Crippen LogP contribution in [0.4, 0.5) is 30.4 Å². The number of carbonyl (C=O) groups is 2. The van der Waals surface area contributed by atoms with Gasteiger partial charge in [-0.25, -0.2) is 4.98 Å². The van der Waals surface area contributed by atoms with E-state index in [1.54, 1.807) is 42.6 Å². The van der Waals surface area contributed by atoms with Crippen LogP contribution in [0.3, 0.4) is 0 Å². The topological polar surface area (TPSA) is 74.3 Å². The van der Waals surface area contributed by atoms with Crippen LogP contribution in [0.1, 0.15) is 10.4 Å². The van der Waals surface area contributed by atoms with Crippen molar-refractivity contribution in [3.05, 3.63) is 48.2 Å². The molecule has 0 saturated heterocycles. The number of benzene rings is 1. The van der Waals surface area contributed by atoms with E-state index in [0.29, 0.717) is 17.1 Å². The fourth-order valence-electron chi connectivity index (χ4n) is 1.97. The third-order valence-corrected chi connectivity index (χ3v) is 3.11. The lowest BCUT2D eigenvalue weighted by Gasteiger charge is -2.15. The third kappa shape index (κ3) is 4.69. The Hall–Kier alpha value is -3.10. The highest BCUT2D eigenvalue weighted by Gasteiger charge is 2.38. The third-order valence-electron chi connectivity index (χ3n) is 3.11. The second-order valence-electron chi connectivity index (χ2n) is 5.25. The van der Waals surface area contributed by atoms with Crippen molar-refractivity contribution in [2.24, 2.45) is 0 Å². The molecule has 1 aromatic heterocycles. The fourth-order valence-corrected chi connectivity index (χ4v) is 1.97. The smallest absolute Gasteiger partial charge is 0.362 e. The van der Waals surface area contributed by atoms with Gasteiger partial charge >= 0.3 is 12.1 Å². The predicted molar refractivity (Wildman–Crippen MR) is 87.6 cm³/mol. The van der Waals surface area contributed by atoms with Gasteiger partial charge in [0.05, 0.1) is 5.56 Å². The molecule has 2 aromatic rings. The van der Waals surface area contributed by atoms with Crippen molar-refractivity contribution in [1.29, 1.82) is 0 Å². The molecule has 0 saturated carbocycles. The number of amides is 2. The van der Waals surface area contributed by atoms with Crippen LogP contribution in [0.5, 0.6) is 0 Å². The molecule has 132 valence electrons. The van der Waals surface area contributed by atoms with Crippen molar-refractivity contribution in [2.45, 2.75) is 6.18 Å². The lowest BCUT2D eigenvalue weighted by atomic mass is 10.2. The maximum absolute atomic E-state index is 12.3. The number of nitrogens with zero attached hydrogens (tertiary/aromatic N) is 2. The average Bonchev–Trinajstić information content (AvgIpc) is 2.55. The van der Waals surface area contributed by atoms with Crippen molar-refractivity contribution in [2.75, 3.05) is 29.6 Å². The summed E-state index contributed by atoms with van der Waals surface area (Å²) in [5.74, 6) is -1.99. The Labute approximate surface area is 141 Å². The minimum Gasteiger partial charge on any atom is -0.362 e. The van der Waals surface area contributed by atoms with E-state index in [-0.39, 0.29) is 5.69 Å². The van der Waals surface area contributed by atoms with Crippen LogP contribution in [-0.4, -0.2) is 37.1 Å². The molecule has 1 heterocycles. The molecule has 6 nitrogen and oxygen atoms in total. The molecule has 1 aromatic carbocycles. The summed E-state index contributed by atoms with van der Waals surface area (Å²) in [6.07, 6.45) is -3.40. The molecule has 0 spiro atoms. The summed E-state index contributed by atoms with van der Waals surface area (Å²) in [6.45, 7) is 0. The van der Waals surface area contributed by atoms with E-state index < -0.39 is 18.0 Å². The Morgan fingerprint density at radius 2 is 1.56 bits per heavy atom. The number of hydrogen-bond donors (Lipinski definition) is 2. The molecule has 25 heavy (non-hydrogen) atoms. The van der Waals surface area contributed by atoms with Gasteiger partial charge in [-0.2, -0.15) is 13.2 Å². The van der Waals surface area contributed by atoms with Gasteiger partial charge in [-0.15, -0.1) is 0 Å². The first-order valence-electron chi connectivity index (χ1n) is 7.10. The summed E-state index contributed by atoms with van der Waals surface area (Å²) >= 11 is 0. The zero-order valence-electron chi connectivity index (χ0n) is 13.4. The van der Waals surface area contributed by atoms with Gasteiger partial charge in [-0.3, -0.25) is 9.59 Å². The maximum Gasteiger partial charge on any atom is 0.471 e. The number of hydrogen-bond acceptors (Lipinski definition) is 4. The molecule has 9 heteroatoms. The molecule has 0 aliphatic rings. The minimum absolute atomic E-state index is 0.0318. The molecule has 2 rings (SSSR count). The summed E-state index contributed by atoms with van der Waals surface area (Å²) in [5.41, 5.74) is 0.682. The number of carbonyl (C=O) groups excluding carboxylic acids is 2. The van der Waals surface area contributed by atoms with Gasteiger partial charge in [-0.05, 0) is 36.4 Å². The highest BCUT2D eigenvalue weighted by atomic mass is 19.4. The van der Waals surface area contributed by atoms with Crippen LogP contribution >= 0.6 is 0 Å². The van der Waals surface area contributed by atoms with E-state index in [0.717, 1.165) is 0 Å². The number of halogens is 3. The Morgan fingerprint density at radius 3 is 2.08 bits per heavy atom. The summed E-state index contributed by atoms with van der Waals surface area (Å²) in [4.78, 5) is 29.0. The Morgan fingerprint density at radius 1 is 1.00 bits per heavy atom. The summed E-state index contributed by atoms with van der Waals surface area (Å²) in [6, 6.07) is 8.52. The van der Waals surface area contributed by atoms with E-state index in [1.165, 1.54) is 24.3 Å². The van der Waals surface area contributed by atoms with Gasteiger partial charge in [0.2, 0.25) is 0 Å². The molecule has 0 aliphatic heterocycles. The van der Waals surface area contributed by atoms with Crippen molar-refractivity contribution in [3.63, 3.8) is 0 Å². The minimum atomic E-state index is -4.96. The second-order valence-corrected chi connectivity index (χ2v) is 5.25. The van der Waals surface area contributed by atoms with Gasteiger partial charge < -0.3 is 15.5 Å². The van der Waals surface area contributed by atoms with E-state index in [4.69, 9.17) is 0 Å². The first kappa shape index (κ1) is 18.2. The van der Waals surface area contributed by atoms with Gasteiger partial charge in [0.15, 0.2) is 0 Å². The molecule has 2 amide bonds. The van der Waals surface area contributed by atoms with Gasteiger partial charge in [0.25, 0.3) is 5.91 Å². The van der Waals surface area contributed by atoms with Crippen LogP contribution in [0, 0.1) is 0 Å². The van der Waals surface area contributed by atoms with Crippen molar-refractivity contribution in [1.82, 2.24) is 4.98 Å². The van der Waals surface area contributed by atoms with Gasteiger partial charge in [-0.1, -0.05) is 0 Å². The summed E-state index contributed by atoms with van der Waals surface area (Å²) in [5, 5.41) is 4.35. The predicted octanol–water partition coefficient (Wildman–Crippen LogP) is 2.90. The van der Waals surface area contributed by atoms with Crippen LogP contribution in [-0.2, 0) is 4.79 Å². The average molecular weight is 352 g/mol. The van der Waals surface area contributed by atoms with Crippen LogP contribution in [0.2, 0.25) is 0 Å². The molecule has 0 fully saturated rings. The molecule has 0 radical (unpaired) electrons. The zero-order chi connectivity index (χ0) is 18.6. The van der Waals surface area contributed by atoms with Gasteiger partial charge in [0, 0.05) is 31.7 Å². The molecular weight excluding hydrogens is 337 g/mol. The standard InChI is InChI=1S/C16H15F3N4O2/c1-23(2)13-12(4-3-9-20-13)14(24)21-10-5-7-11(8-6-10)22-15(25)16(17,18)19/h3-9H,1-2H3,(H,21,24)(H,22,25). The van der Waals surface area contributed by atoms with Crippen LogP contribution < -0.4 is 15.5 Å². The first-order chi connectivity index (χ1) is 11.7. The van der Waals surface area contributed by atoms with Crippen molar-refractivity contribution < 1.29 is 22.8 Å². The molecule has 0 bridgehead atoms. The highest BCUT2D eigenvalue weighted by Crippen LogP contribution is 2.21. The van der Waals surface area contributed by atoms with E-state index in [2.05, 4.69) is 10.3 Å². The van der Waals surface area contributed by atoms with Gasteiger partial charge in [0.1, 0.15) is 5.82 Å². The lowest BCUT2D eigenvalue weighted by Crippen LogP contribution is -2.29. The number of aromatic nitrogens is 1. The van der Waals surface area contributed by atoms with E-state index in [1.807, 2.05) is 0 Å². The quantitative estimate of drug-likeness (QED) is 0.887. The SMILES string of the molecule is CN(C)c1ncccc1C(=O)Nc1ccc(NC(=O)C(F)(F)F)cc1. The van der Waals surface area contributed by atoms with E-state index in [9.17, 15) is 22.8 Å². The number of pyridine rings is 1. The molecule has 0 atom stereocenters. The van der Waals surface area contributed by atoms with Crippen LogP contribution in [0.15, 0.2) is 42.6 Å². The molecule has 0 aliphatic carbocycles. The number of rotatable bonds is 4. The second kappa shape index (κ2) is 7.20. The number of nitrogens with one attached hydrogen (secondary N) is 2. The van der Waals surface area contributed by atoms with E-state index >= 15 is 0 Å². The molecule has 0 unspecified atom stereocenters. The maximum atomic E-state index is 12.3. The number of alkyl halides is 3. The van der Waals surface area contributed by atoms with Crippen molar-refractivity contribution >= 4 is 29.0 Å².